The second kappa shape index (κ2) is 12.2. The van der Waals surface area contributed by atoms with Gasteiger partial charge in [0.2, 0.25) is 0 Å². The molecule has 2 aromatic carbocycles. The highest BCUT2D eigenvalue weighted by Crippen LogP contribution is 2.39. The largest absolute Gasteiger partial charge is 0.507 e. The van der Waals surface area contributed by atoms with Crippen molar-refractivity contribution >= 4 is 59.3 Å². The summed E-state index contributed by atoms with van der Waals surface area (Å²) in [6, 6.07) is 12.0. The van der Waals surface area contributed by atoms with E-state index in [9.17, 15) is 9.90 Å². The molecule has 7 nitrogen and oxygen atoms in total. The number of ether oxygens (including phenoxy) is 1. The molecule has 1 atom stereocenters. The maximum atomic E-state index is 13.6. The van der Waals surface area contributed by atoms with E-state index in [1.54, 1.807) is 11.3 Å². The molecule has 0 saturated carbocycles. The Morgan fingerprint density at radius 1 is 1.00 bits per heavy atom. The van der Waals surface area contributed by atoms with E-state index in [-0.39, 0.29) is 30.7 Å². The van der Waals surface area contributed by atoms with Crippen molar-refractivity contribution < 1.29 is 14.6 Å². The lowest BCUT2D eigenvalue weighted by Crippen LogP contribution is -2.57. The van der Waals surface area contributed by atoms with Crippen molar-refractivity contribution in [2.75, 3.05) is 31.1 Å². The van der Waals surface area contributed by atoms with Gasteiger partial charge in [-0.2, -0.15) is 0 Å². The predicted molar refractivity (Wildman–Crippen MR) is 164 cm³/mol. The van der Waals surface area contributed by atoms with Crippen molar-refractivity contribution in [1.29, 1.82) is 0 Å². The number of halogens is 2. The number of hydrogen-bond donors (Lipinski definition) is 2. The quantitative estimate of drug-likeness (QED) is 0.312. The minimum atomic E-state index is -0.905. The third-order valence-corrected chi connectivity index (χ3v) is 8.74. The Morgan fingerprint density at radius 3 is 2.28 bits per heavy atom. The van der Waals surface area contributed by atoms with Crippen LogP contribution < -0.4 is 10.6 Å². The summed E-state index contributed by atoms with van der Waals surface area (Å²) in [5.74, 6) is 0.888. The minimum Gasteiger partial charge on any atom is -0.507 e. The van der Waals surface area contributed by atoms with Crippen molar-refractivity contribution in [3.05, 3.63) is 74.5 Å². The molecule has 0 spiro atoms. The van der Waals surface area contributed by atoms with E-state index in [4.69, 9.17) is 10.5 Å². The number of carbonyl (C=O) groups is 1. The number of benzene rings is 2. The summed E-state index contributed by atoms with van der Waals surface area (Å²) >= 11 is 1.57. The fourth-order valence-electron chi connectivity index (χ4n) is 5.33. The third kappa shape index (κ3) is 5.89. The van der Waals surface area contributed by atoms with Crippen molar-refractivity contribution in [1.82, 2.24) is 4.90 Å². The van der Waals surface area contributed by atoms with Crippen LogP contribution in [-0.4, -0.2) is 53.5 Å². The average molecular weight is 592 g/mol. The van der Waals surface area contributed by atoms with Gasteiger partial charge in [-0.25, -0.2) is 4.99 Å². The van der Waals surface area contributed by atoms with Gasteiger partial charge in [-0.05, 0) is 91.2 Å². The first-order valence-corrected chi connectivity index (χ1v) is 13.5. The van der Waals surface area contributed by atoms with Crippen molar-refractivity contribution in [2.45, 2.75) is 46.3 Å². The molecule has 3 heterocycles. The first-order chi connectivity index (χ1) is 17.7. The van der Waals surface area contributed by atoms with Crippen molar-refractivity contribution in [3.63, 3.8) is 0 Å². The molecule has 39 heavy (non-hydrogen) atoms. The van der Waals surface area contributed by atoms with Gasteiger partial charge in [-0.3, -0.25) is 4.79 Å². The SMILES string of the molecule is Cc1c(C)c2c(c(C)c1O)COC(C)(C(=O)N1CCN(c3ccc(N=C(N)c4cccs4)cc3)CC1)C2.Cl.Cl. The van der Waals surface area contributed by atoms with Crippen LogP contribution in [0.4, 0.5) is 11.4 Å². The maximum absolute atomic E-state index is 13.6. The van der Waals surface area contributed by atoms with E-state index in [2.05, 4.69) is 22.0 Å². The van der Waals surface area contributed by atoms with Crippen LogP contribution in [0.5, 0.6) is 5.75 Å². The van der Waals surface area contributed by atoms with Crippen LogP contribution in [0.3, 0.4) is 0 Å². The number of nitrogens with zero attached hydrogens (tertiary/aromatic N) is 3. The number of fused-ring (bicyclic) bond motifs is 1. The van der Waals surface area contributed by atoms with Crippen LogP contribution in [-0.2, 0) is 22.6 Å². The molecule has 0 aliphatic carbocycles. The standard InChI is InChI=1S/C29H34N4O3S.2ClH/c1-18-19(2)26(34)20(3)24-17-36-29(4,16-23(18)24)28(35)33-13-11-32(12-14-33)22-9-7-21(8-10-22)31-27(30)25-6-5-15-37-25;;/h5-10,15,34H,11-14,16-17H2,1-4H3,(H2,30,31);2*1H. The summed E-state index contributed by atoms with van der Waals surface area (Å²) < 4.78 is 6.18. The zero-order valence-corrected chi connectivity index (χ0v) is 25.1. The average Bonchev–Trinajstić information content (AvgIpc) is 3.46. The summed E-state index contributed by atoms with van der Waals surface area (Å²) in [6.45, 7) is 10.9. The number of anilines is 1. The Morgan fingerprint density at radius 2 is 1.67 bits per heavy atom. The fourth-order valence-corrected chi connectivity index (χ4v) is 5.96. The topological polar surface area (TPSA) is 91.4 Å². The highest BCUT2D eigenvalue weighted by molar-refractivity contribution is 7.12. The molecular weight excluding hydrogens is 555 g/mol. The van der Waals surface area contributed by atoms with Crippen LogP contribution >= 0.6 is 36.2 Å². The van der Waals surface area contributed by atoms with Crippen LogP contribution in [0.2, 0.25) is 0 Å². The Labute approximate surface area is 246 Å². The lowest BCUT2D eigenvalue weighted by atomic mass is 9.82. The molecule has 5 rings (SSSR count). The number of phenolic OH excluding ortho intramolecular Hbond substituents is 1. The van der Waals surface area contributed by atoms with Gasteiger partial charge in [-0.1, -0.05) is 6.07 Å². The molecule has 1 saturated heterocycles. The number of carbonyl (C=O) groups excluding carboxylic acids is 1. The van der Waals surface area contributed by atoms with Gasteiger partial charge in [0, 0.05) is 38.3 Å². The molecule has 210 valence electrons. The molecule has 3 N–H and O–H groups in total. The van der Waals surface area contributed by atoms with Crippen LogP contribution in [0.15, 0.2) is 46.8 Å². The molecule has 0 bridgehead atoms. The van der Waals surface area contributed by atoms with Gasteiger partial charge in [-0.15, -0.1) is 36.2 Å². The maximum Gasteiger partial charge on any atom is 0.255 e. The van der Waals surface area contributed by atoms with Crippen LogP contribution in [0.25, 0.3) is 0 Å². The Bertz CT molecular complexity index is 1350. The number of nitrogens with two attached hydrogens (primary N) is 1. The Hall–Kier alpha value is -2.78. The summed E-state index contributed by atoms with van der Waals surface area (Å²) in [4.78, 5) is 23.3. The smallest absolute Gasteiger partial charge is 0.255 e. The normalized spacial score (nSPS) is 19.1. The number of hydrogen-bond acceptors (Lipinski definition) is 6. The molecule has 10 heteroatoms. The first-order valence-electron chi connectivity index (χ1n) is 12.6. The van der Waals surface area contributed by atoms with E-state index < -0.39 is 5.60 Å². The van der Waals surface area contributed by atoms with E-state index in [1.165, 1.54) is 0 Å². The van der Waals surface area contributed by atoms with Gasteiger partial charge >= 0.3 is 0 Å². The van der Waals surface area contributed by atoms with Crippen molar-refractivity contribution in [2.24, 2.45) is 10.7 Å². The lowest BCUT2D eigenvalue weighted by molar-refractivity contribution is -0.160. The molecule has 1 amide bonds. The highest BCUT2D eigenvalue weighted by atomic mass is 35.5. The van der Waals surface area contributed by atoms with Gasteiger partial charge < -0.3 is 25.4 Å². The number of amidine groups is 1. The number of aromatic hydroxyl groups is 1. The lowest BCUT2D eigenvalue weighted by Gasteiger charge is -2.42. The fraction of sp³-hybridized carbons (Fsp3) is 0.379. The van der Waals surface area contributed by atoms with Crippen LogP contribution in [0, 0.1) is 20.8 Å². The van der Waals surface area contributed by atoms with E-state index >= 15 is 0 Å². The molecule has 1 unspecified atom stereocenters. The number of piperazine rings is 1. The molecule has 1 aromatic heterocycles. The predicted octanol–water partition coefficient (Wildman–Crippen LogP) is 5.44. The second-order valence-electron chi connectivity index (χ2n) is 10.1. The Balaban J connectivity index is 0.00000210. The molecule has 2 aliphatic rings. The summed E-state index contributed by atoms with van der Waals surface area (Å²) in [5.41, 5.74) is 12.1. The number of thiophene rings is 1. The zero-order chi connectivity index (χ0) is 26.3. The van der Waals surface area contributed by atoms with E-state index in [0.29, 0.717) is 37.7 Å². The van der Waals surface area contributed by atoms with E-state index in [1.807, 2.05) is 62.2 Å². The van der Waals surface area contributed by atoms with E-state index in [0.717, 1.165) is 57.2 Å². The number of amides is 1. The second-order valence-corrected chi connectivity index (χ2v) is 11.1. The first kappa shape index (κ1) is 30.8. The summed E-state index contributed by atoms with van der Waals surface area (Å²) in [7, 11) is 0. The molecule has 1 fully saturated rings. The summed E-state index contributed by atoms with van der Waals surface area (Å²) in [5, 5.41) is 12.4. The number of rotatable bonds is 4. The number of phenols is 1. The highest BCUT2D eigenvalue weighted by Gasteiger charge is 2.43. The monoisotopic (exact) mass is 590 g/mol. The van der Waals surface area contributed by atoms with Gasteiger partial charge in [0.15, 0.2) is 0 Å². The minimum absolute atomic E-state index is 0. The summed E-state index contributed by atoms with van der Waals surface area (Å²) in [6.07, 6.45) is 0.520. The van der Waals surface area contributed by atoms with Gasteiger partial charge in [0.25, 0.3) is 5.91 Å². The zero-order valence-electron chi connectivity index (χ0n) is 22.7. The molecule has 2 aliphatic heterocycles. The third-order valence-electron chi connectivity index (χ3n) is 7.85. The van der Waals surface area contributed by atoms with Gasteiger partial charge in [0.1, 0.15) is 17.2 Å². The molecule has 3 aromatic rings. The van der Waals surface area contributed by atoms with Crippen molar-refractivity contribution in [3.8, 4) is 5.75 Å². The van der Waals surface area contributed by atoms with Crippen LogP contribution in [0.1, 0.15) is 39.6 Å². The Kier molecular flexibility index (Phi) is 9.60. The molecular formula is C29H36Cl2N4O3S. The van der Waals surface area contributed by atoms with Gasteiger partial charge in [0.05, 0.1) is 17.2 Å². The molecule has 0 radical (unpaired) electrons. The number of aliphatic imine (C=N–C) groups is 1.